The molecule has 31 heavy (non-hydrogen) atoms. The highest BCUT2D eigenvalue weighted by Gasteiger charge is 2.26. The van der Waals surface area contributed by atoms with Gasteiger partial charge in [-0.3, -0.25) is 0 Å². The van der Waals surface area contributed by atoms with Gasteiger partial charge in [0.15, 0.2) is 5.13 Å². The van der Waals surface area contributed by atoms with Crippen LogP contribution in [0, 0.1) is 0 Å². The summed E-state index contributed by atoms with van der Waals surface area (Å²) < 4.78 is 32.5. The van der Waals surface area contributed by atoms with Crippen molar-refractivity contribution in [2.24, 2.45) is 0 Å². The van der Waals surface area contributed by atoms with Gasteiger partial charge in [0, 0.05) is 24.2 Å². The summed E-state index contributed by atoms with van der Waals surface area (Å²) in [7, 11) is -3.60. The summed E-state index contributed by atoms with van der Waals surface area (Å²) in [6.45, 7) is 1.04. The van der Waals surface area contributed by atoms with Crippen LogP contribution in [0.5, 0.6) is 0 Å². The number of carbonyl (C=O) groups excluding carboxylic acids is 1. The van der Waals surface area contributed by atoms with Crippen LogP contribution in [0.4, 0.5) is 10.8 Å². The SMILES string of the molecule is O=C(OCc1csc(Nc2ccccc2)n1)c1cccc(S(=O)(=O)N2CCCCC2)c1. The third-order valence-electron chi connectivity index (χ3n) is 4.95. The van der Waals surface area contributed by atoms with Crippen LogP contribution in [0.1, 0.15) is 35.3 Å². The molecule has 1 aliphatic rings. The van der Waals surface area contributed by atoms with Crippen molar-refractivity contribution in [1.82, 2.24) is 9.29 Å². The Kier molecular flexibility index (Phi) is 6.64. The number of hydrogen-bond donors (Lipinski definition) is 1. The summed E-state index contributed by atoms with van der Waals surface area (Å²) in [6, 6.07) is 15.7. The minimum Gasteiger partial charge on any atom is -0.456 e. The Bertz CT molecular complexity index is 1140. The smallest absolute Gasteiger partial charge is 0.338 e. The first-order valence-electron chi connectivity index (χ1n) is 10.1. The molecule has 0 radical (unpaired) electrons. The fraction of sp³-hybridized carbons (Fsp3) is 0.273. The van der Waals surface area contributed by atoms with Crippen molar-refractivity contribution in [3.05, 3.63) is 71.2 Å². The van der Waals surface area contributed by atoms with Crippen molar-refractivity contribution in [2.75, 3.05) is 18.4 Å². The van der Waals surface area contributed by atoms with Gasteiger partial charge < -0.3 is 10.1 Å². The Morgan fingerprint density at radius 2 is 1.84 bits per heavy atom. The molecule has 1 N–H and O–H groups in total. The van der Waals surface area contributed by atoms with Crippen LogP contribution in [-0.4, -0.2) is 36.8 Å². The summed E-state index contributed by atoms with van der Waals surface area (Å²) in [5.41, 5.74) is 1.75. The number of sulfonamides is 1. The maximum Gasteiger partial charge on any atom is 0.338 e. The number of thiazole rings is 1. The van der Waals surface area contributed by atoms with E-state index < -0.39 is 16.0 Å². The third-order valence-corrected chi connectivity index (χ3v) is 7.65. The Morgan fingerprint density at radius 1 is 1.06 bits per heavy atom. The number of esters is 1. The molecule has 2 aromatic carbocycles. The highest BCUT2D eigenvalue weighted by atomic mass is 32.2. The van der Waals surface area contributed by atoms with Crippen molar-refractivity contribution < 1.29 is 17.9 Å². The van der Waals surface area contributed by atoms with Crippen LogP contribution in [0.25, 0.3) is 0 Å². The first-order chi connectivity index (χ1) is 15.0. The maximum atomic E-state index is 12.9. The molecule has 162 valence electrons. The quantitative estimate of drug-likeness (QED) is 0.529. The van der Waals surface area contributed by atoms with Crippen LogP contribution in [0.15, 0.2) is 64.9 Å². The van der Waals surface area contributed by atoms with Crippen molar-refractivity contribution in [1.29, 1.82) is 0 Å². The third kappa shape index (κ3) is 5.30. The van der Waals surface area contributed by atoms with E-state index in [4.69, 9.17) is 4.74 Å². The number of nitrogens with zero attached hydrogens (tertiary/aromatic N) is 2. The lowest BCUT2D eigenvalue weighted by Gasteiger charge is -2.25. The Hall–Kier alpha value is -2.75. The second-order valence-corrected chi connectivity index (χ2v) is 10.00. The molecule has 7 nitrogen and oxygen atoms in total. The fourth-order valence-corrected chi connectivity index (χ4v) is 5.61. The standard InChI is InChI=1S/C22H23N3O4S2/c26-21(29-15-19-16-30-22(24-19)23-18-9-3-1-4-10-18)17-8-7-11-20(14-17)31(27,28)25-12-5-2-6-13-25/h1,3-4,7-11,14,16H,2,5-6,12-13,15H2,(H,23,24). The number of hydrogen-bond acceptors (Lipinski definition) is 7. The van der Waals surface area contributed by atoms with Gasteiger partial charge in [0.05, 0.1) is 16.2 Å². The molecular formula is C22H23N3O4S2. The van der Waals surface area contributed by atoms with Crippen LogP contribution in [0.2, 0.25) is 0 Å². The van der Waals surface area contributed by atoms with Gasteiger partial charge in [-0.1, -0.05) is 30.7 Å². The van der Waals surface area contributed by atoms with Crippen LogP contribution >= 0.6 is 11.3 Å². The van der Waals surface area contributed by atoms with E-state index in [9.17, 15) is 13.2 Å². The highest BCUT2D eigenvalue weighted by Crippen LogP contribution is 2.23. The fourth-order valence-electron chi connectivity index (χ4n) is 3.34. The number of benzene rings is 2. The van der Waals surface area contributed by atoms with E-state index >= 15 is 0 Å². The molecule has 2 heterocycles. The molecule has 3 aromatic rings. The predicted molar refractivity (Wildman–Crippen MR) is 120 cm³/mol. The molecule has 0 spiro atoms. The Labute approximate surface area is 185 Å². The first kappa shape index (κ1) is 21.5. The Morgan fingerprint density at radius 3 is 2.61 bits per heavy atom. The second kappa shape index (κ2) is 9.59. The molecule has 0 unspecified atom stereocenters. The number of piperidine rings is 1. The van der Waals surface area contributed by atoms with E-state index in [1.54, 1.807) is 12.1 Å². The van der Waals surface area contributed by atoms with Gasteiger partial charge in [-0.05, 0) is 43.2 Å². The van der Waals surface area contributed by atoms with Gasteiger partial charge in [0.2, 0.25) is 10.0 Å². The van der Waals surface area contributed by atoms with E-state index in [-0.39, 0.29) is 17.1 Å². The van der Waals surface area contributed by atoms with Gasteiger partial charge in [-0.25, -0.2) is 18.2 Å². The molecule has 0 amide bonds. The summed E-state index contributed by atoms with van der Waals surface area (Å²) in [5.74, 6) is -0.582. The average Bonchev–Trinajstić information content (AvgIpc) is 3.26. The molecule has 0 atom stereocenters. The van der Waals surface area contributed by atoms with Gasteiger partial charge in [-0.15, -0.1) is 11.3 Å². The van der Waals surface area contributed by atoms with Crippen LogP contribution in [-0.2, 0) is 21.4 Å². The average molecular weight is 458 g/mol. The second-order valence-electron chi connectivity index (χ2n) is 7.20. The predicted octanol–water partition coefficient (Wildman–Crippen LogP) is 4.42. The van der Waals surface area contributed by atoms with Gasteiger partial charge in [0.25, 0.3) is 0 Å². The number of para-hydroxylation sites is 1. The van der Waals surface area contributed by atoms with Gasteiger partial charge >= 0.3 is 5.97 Å². The molecule has 1 aromatic heterocycles. The molecule has 0 aliphatic carbocycles. The van der Waals surface area contributed by atoms with Crippen LogP contribution < -0.4 is 5.32 Å². The number of nitrogens with one attached hydrogen (secondary N) is 1. The maximum absolute atomic E-state index is 12.9. The molecule has 9 heteroatoms. The van der Waals surface area contributed by atoms with Crippen molar-refractivity contribution >= 4 is 38.1 Å². The molecule has 1 fully saturated rings. The zero-order chi connectivity index (χ0) is 21.7. The lowest BCUT2D eigenvalue weighted by molar-refractivity contribution is 0.0468. The summed E-state index contributed by atoms with van der Waals surface area (Å²) in [4.78, 5) is 17.0. The van der Waals surface area contributed by atoms with Crippen LogP contribution in [0.3, 0.4) is 0 Å². The molecular weight excluding hydrogens is 434 g/mol. The minimum absolute atomic E-state index is 0.00883. The lowest BCUT2D eigenvalue weighted by atomic mass is 10.2. The summed E-state index contributed by atoms with van der Waals surface area (Å²) in [6.07, 6.45) is 2.75. The van der Waals surface area contributed by atoms with E-state index in [1.807, 2.05) is 35.7 Å². The van der Waals surface area contributed by atoms with Gasteiger partial charge in [-0.2, -0.15) is 4.31 Å². The van der Waals surface area contributed by atoms with E-state index in [2.05, 4.69) is 10.3 Å². The summed E-state index contributed by atoms with van der Waals surface area (Å²) in [5, 5.41) is 5.71. The summed E-state index contributed by atoms with van der Waals surface area (Å²) >= 11 is 1.42. The van der Waals surface area contributed by atoms with E-state index in [0.29, 0.717) is 23.9 Å². The lowest BCUT2D eigenvalue weighted by Crippen LogP contribution is -2.35. The van der Waals surface area contributed by atoms with E-state index in [0.717, 1.165) is 24.9 Å². The van der Waals surface area contributed by atoms with Crippen molar-refractivity contribution in [3.63, 3.8) is 0 Å². The minimum atomic E-state index is -3.60. The zero-order valence-electron chi connectivity index (χ0n) is 16.9. The largest absolute Gasteiger partial charge is 0.456 e. The number of aromatic nitrogens is 1. The Balaban J connectivity index is 1.39. The number of anilines is 2. The van der Waals surface area contributed by atoms with Crippen molar-refractivity contribution in [3.8, 4) is 0 Å². The van der Waals surface area contributed by atoms with Crippen molar-refractivity contribution in [2.45, 2.75) is 30.8 Å². The highest BCUT2D eigenvalue weighted by molar-refractivity contribution is 7.89. The number of ether oxygens (including phenoxy) is 1. The topological polar surface area (TPSA) is 88.6 Å². The first-order valence-corrected chi connectivity index (χ1v) is 12.4. The number of carbonyl (C=O) groups is 1. The monoisotopic (exact) mass is 457 g/mol. The number of rotatable bonds is 7. The zero-order valence-corrected chi connectivity index (χ0v) is 18.5. The molecule has 0 saturated carbocycles. The van der Waals surface area contributed by atoms with E-state index in [1.165, 1.54) is 27.8 Å². The molecule has 1 aliphatic heterocycles. The molecule has 4 rings (SSSR count). The molecule has 1 saturated heterocycles. The normalized spacial score (nSPS) is 14.8. The van der Waals surface area contributed by atoms with Gasteiger partial charge in [0.1, 0.15) is 6.61 Å². The molecule has 0 bridgehead atoms.